The van der Waals surface area contributed by atoms with Gasteiger partial charge >= 0.3 is 5.97 Å². The number of benzene rings is 1. The lowest BCUT2D eigenvalue weighted by molar-refractivity contribution is -0.307. The van der Waals surface area contributed by atoms with Crippen molar-refractivity contribution in [3.63, 3.8) is 0 Å². The van der Waals surface area contributed by atoms with Gasteiger partial charge in [0.2, 0.25) is 11.8 Å². The maximum Gasteiger partial charge on any atom is 0.308 e. The Bertz CT molecular complexity index is 2610. The molecule has 3 aliphatic rings. The summed E-state index contributed by atoms with van der Waals surface area (Å²) in [7, 11) is 8.75. The van der Waals surface area contributed by atoms with Crippen molar-refractivity contribution in [1.82, 2.24) is 20.4 Å². The van der Waals surface area contributed by atoms with Crippen LogP contribution in [0, 0.1) is 17.8 Å². The van der Waals surface area contributed by atoms with Crippen molar-refractivity contribution >= 4 is 35.0 Å². The van der Waals surface area contributed by atoms with E-state index >= 15 is 0 Å². The lowest BCUT2D eigenvalue weighted by Gasteiger charge is -2.46. The minimum atomic E-state index is -2.32. The van der Waals surface area contributed by atoms with E-state index in [1.807, 2.05) is 38.9 Å². The molecule has 2 amide bonds. The number of ketones is 2. The molecule has 0 spiro atoms. The van der Waals surface area contributed by atoms with Crippen molar-refractivity contribution in [2.75, 3.05) is 60.2 Å². The van der Waals surface area contributed by atoms with E-state index in [1.165, 1.54) is 6.92 Å². The van der Waals surface area contributed by atoms with Gasteiger partial charge in [-0.25, -0.2) is 0 Å². The normalized spacial score (nSPS) is 32.4. The van der Waals surface area contributed by atoms with Crippen LogP contribution < -0.4 is 16.0 Å². The van der Waals surface area contributed by atoms with E-state index in [-0.39, 0.29) is 50.0 Å². The maximum atomic E-state index is 14.0. The number of nitrogens with one attached hydrogen (secondary N) is 3. The van der Waals surface area contributed by atoms with Crippen LogP contribution >= 0.6 is 0 Å². The Morgan fingerprint density at radius 2 is 1.27 bits per heavy atom. The SMILES string of the molecule is CNc1ccc(C(=O)CC(O)CC[C@H](C)C2OC(=O)C[C@H](O)CC(=O)CC(O)CC(O)CC(O)CC(O)CC3(O)C[C@H](O)C(C(=O)NCCN(C)C)C(CC(OC4OC(C)C(O)C(NC(=O)CN(C)C)C4O)C=CC=CC=CC=CC=CC=CC=C[C@@H]2C)O3)cc1. The van der Waals surface area contributed by atoms with Crippen molar-refractivity contribution in [3.8, 4) is 0 Å². The summed E-state index contributed by atoms with van der Waals surface area (Å²) in [5.74, 6) is -7.10. The van der Waals surface area contributed by atoms with Gasteiger partial charge in [0.25, 0.3) is 0 Å². The number of hydrogen-bond acceptors (Lipinski definition) is 22. The predicted molar refractivity (Wildman–Crippen MR) is 342 cm³/mol. The van der Waals surface area contributed by atoms with Crippen molar-refractivity contribution in [1.29, 1.82) is 0 Å². The minimum Gasteiger partial charge on any atom is -0.461 e. The monoisotopic (exact) mass is 1280 g/mol. The molecule has 91 heavy (non-hydrogen) atoms. The molecule has 3 aliphatic heterocycles. The molecule has 24 nitrogen and oxygen atoms in total. The minimum absolute atomic E-state index is 0.0513. The number of esters is 1. The second-order valence-corrected chi connectivity index (χ2v) is 24.9. The Hall–Kier alpha value is -5.65. The molecule has 15 unspecified atom stereocenters. The van der Waals surface area contributed by atoms with Gasteiger partial charge in [0, 0.05) is 75.8 Å². The molecular formula is C67H103N5O19. The van der Waals surface area contributed by atoms with Gasteiger partial charge in [0.15, 0.2) is 17.9 Å². The van der Waals surface area contributed by atoms with Crippen molar-refractivity contribution < 1.29 is 94.0 Å². The smallest absolute Gasteiger partial charge is 0.308 e. The fourth-order valence-corrected chi connectivity index (χ4v) is 11.3. The number of carbonyl (C=O) groups is 5. The number of amides is 2. The van der Waals surface area contributed by atoms with Gasteiger partial charge in [-0.3, -0.25) is 24.0 Å². The van der Waals surface area contributed by atoms with Gasteiger partial charge in [-0.1, -0.05) is 98.9 Å². The molecule has 2 bridgehead atoms. The van der Waals surface area contributed by atoms with Crippen LogP contribution in [0.4, 0.5) is 5.69 Å². The van der Waals surface area contributed by atoms with Crippen LogP contribution in [0.5, 0.6) is 0 Å². The summed E-state index contributed by atoms with van der Waals surface area (Å²) in [5, 5.41) is 121. The molecule has 1 aromatic carbocycles. The van der Waals surface area contributed by atoms with E-state index in [9.17, 15) is 75.0 Å². The van der Waals surface area contributed by atoms with Crippen molar-refractivity contribution in [2.45, 2.75) is 195 Å². The van der Waals surface area contributed by atoms with E-state index in [0.717, 1.165) is 5.69 Å². The molecule has 2 saturated heterocycles. The molecule has 0 saturated carbocycles. The number of rotatable bonds is 17. The number of nitrogens with zero attached hydrogens (tertiary/aromatic N) is 2. The molecule has 1 aromatic rings. The molecule has 0 aromatic heterocycles. The number of fused-ring (bicyclic) bond motifs is 2. The fourth-order valence-electron chi connectivity index (χ4n) is 11.3. The van der Waals surface area contributed by atoms with Crippen LogP contribution in [-0.2, 0) is 38.1 Å². The molecule has 24 heteroatoms. The number of carbonyl (C=O) groups excluding carboxylic acids is 5. The highest BCUT2D eigenvalue weighted by molar-refractivity contribution is 5.96. The Morgan fingerprint density at radius 3 is 1.87 bits per heavy atom. The van der Waals surface area contributed by atoms with Crippen LogP contribution in [0.25, 0.3) is 0 Å². The number of aliphatic hydroxyl groups excluding tert-OH is 9. The molecule has 510 valence electrons. The summed E-state index contributed by atoms with van der Waals surface area (Å²) in [6, 6.07) is 5.68. The Labute approximate surface area is 535 Å². The first kappa shape index (κ1) is 77.8. The van der Waals surface area contributed by atoms with Gasteiger partial charge in [0.05, 0.1) is 86.0 Å². The molecule has 0 radical (unpaired) electrons. The van der Waals surface area contributed by atoms with Crippen molar-refractivity contribution in [3.05, 3.63) is 115 Å². The zero-order chi connectivity index (χ0) is 67.4. The van der Waals surface area contributed by atoms with E-state index in [2.05, 4.69) is 16.0 Å². The molecule has 4 rings (SSSR count). The molecule has 19 atom stereocenters. The molecule has 2 fully saturated rings. The summed E-state index contributed by atoms with van der Waals surface area (Å²) >= 11 is 0. The standard InChI is InChI=1S/C67H103N5O19/c1-42-21-19-17-15-13-11-9-10-12-14-16-18-20-22-54(89-66-63(85)61(62(84)44(3)88-66)70-58(82)41-72(7)8)38-57-60(65(86)69-29-30-71(5)6)56(81)40-67(87,91-57)39-53(79)35-51(77)33-49(75)31-48(74)32-50(76)34-52(78)37-59(83)90-64(42)43(2)23-28-47(73)36-55(80)45-24-26-46(68-4)27-25-45/h9-22,24-27,42-44,47-49,51-54,56-57,60-64,66,68,73-75,77-79,81,84-85,87H,23,28-41H2,1-8H3,(H,69,86)(H,70,82)/t42-,43-,44?,47?,48?,49?,51?,52+,53?,54?,56-,57?,60?,61?,62?,63?,64?,66?,67?/m0/s1. The fraction of sp³-hybridized carbons (Fsp3) is 0.627. The topological polar surface area (TPSA) is 367 Å². The van der Waals surface area contributed by atoms with Gasteiger partial charge in [-0.05, 0) is 97.4 Å². The van der Waals surface area contributed by atoms with E-state index < -0.39 is 178 Å². The second-order valence-electron chi connectivity index (χ2n) is 24.9. The highest BCUT2D eigenvalue weighted by Crippen LogP contribution is 2.38. The number of likely N-dealkylation sites (N-methyl/N-ethyl adjacent to an activating group) is 2. The van der Waals surface area contributed by atoms with Crippen LogP contribution in [0.1, 0.15) is 108 Å². The third kappa shape index (κ3) is 28.6. The third-order valence-electron chi connectivity index (χ3n) is 16.0. The first-order chi connectivity index (χ1) is 43.1. The summed E-state index contributed by atoms with van der Waals surface area (Å²) in [5.41, 5.74) is 1.30. The lowest BCUT2D eigenvalue weighted by Crippen LogP contribution is -2.64. The summed E-state index contributed by atoms with van der Waals surface area (Å²) in [6.45, 7) is 5.81. The average Bonchev–Trinajstić information content (AvgIpc) is 0.818. The number of Topliss-reactive ketones (excluding diaryl/α,β-unsaturated/α-hetero) is 2. The average molecular weight is 1280 g/mol. The highest BCUT2D eigenvalue weighted by Gasteiger charge is 2.51. The quantitative estimate of drug-likeness (QED) is 0.0784. The van der Waals surface area contributed by atoms with E-state index in [4.69, 9.17) is 18.9 Å². The van der Waals surface area contributed by atoms with E-state index in [0.29, 0.717) is 18.5 Å². The first-order valence-corrected chi connectivity index (χ1v) is 31.5. The van der Waals surface area contributed by atoms with Crippen LogP contribution in [0.15, 0.2) is 109 Å². The molecule has 3 heterocycles. The predicted octanol–water partition coefficient (Wildman–Crippen LogP) is 2.06. The Kier molecular flexibility index (Phi) is 34.0. The zero-order valence-corrected chi connectivity index (χ0v) is 53.9. The summed E-state index contributed by atoms with van der Waals surface area (Å²) in [4.78, 5) is 69.8. The second kappa shape index (κ2) is 39.8. The summed E-state index contributed by atoms with van der Waals surface area (Å²) < 4.78 is 24.6. The van der Waals surface area contributed by atoms with E-state index in [1.54, 1.807) is 129 Å². The zero-order valence-electron chi connectivity index (χ0n) is 53.9. The Balaban J connectivity index is 1.62. The molecule has 0 aliphatic carbocycles. The van der Waals surface area contributed by atoms with Crippen LogP contribution in [-0.4, -0.2) is 243 Å². The number of allylic oxidation sites excluding steroid dienone is 12. The number of anilines is 1. The van der Waals surface area contributed by atoms with Crippen molar-refractivity contribution in [2.24, 2.45) is 17.8 Å². The first-order valence-electron chi connectivity index (χ1n) is 31.5. The molecular weight excluding hydrogens is 1180 g/mol. The summed E-state index contributed by atoms with van der Waals surface area (Å²) in [6.07, 6.45) is 2.19. The van der Waals surface area contributed by atoms with Crippen LogP contribution in [0.3, 0.4) is 0 Å². The largest absolute Gasteiger partial charge is 0.461 e. The maximum absolute atomic E-state index is 14.0. The van der Waals surface area contributed by atoms with Gasteiger partial charge in [-0.15, -0.1) is 0 Å². The number of aliphatic hydroxyl groups is 10. The Morgan fingerprint density at radius 1 is 0.703 bits per heavy atom. The van der Waals surface area contributed by atoms with Gasteiger partial charge in [-0.2, -0.15) is 0 Å². The highest BCUT2D eigenvalue weighted by atomic mass is 16.7. The molecule has 13 N–H and O–H groups in total. The van der Waals surface area contributed by atoms with Crippen LogP contribution in [0.2, 0.25) is 0 Å². The number of hydrogen-bond donors (Lipinski definition) is 13. The third-order valence-corrected chi connectivity index (χ3v) is 16.0. The van der Waals surface area contributed by atoms with Gasteiger partial charge < -0.3 is 95.8 Å². The number of ether oxygens (including phenoxy) is 4. The lowest BCUT2D eigenvalue weighted by atomic mass is 9.82. The van der Waals surface area contributed by atoms with Gasteiger partial charge in [0.1, 0.15) is 24.1 Å². The number of cyclic esters (lactones) is 1.